The average Bonchev–Trinajstić information content (AvgIpc) is 2.77. The molecule has 0 unspecified atom stereocenters. The van der Waals surface area contributed by atoms with E-state index >= 15 is 0 Å². The Kier molecular flexibility index (Phi) is 4.18. The van der Waals surface area contributed by atoms with Crippen LogP contribution >= 0.6 is 0 Å². The molecule has 0 bridgehead atoms. The zero-order chi connectivity index (χ0) is 15.5. The molecule has 0 saturated heterocycles. The predicted molar refractivity (Wildman–Crippen MR) is 82.4 cm³/mol. The van der Waals surface area contributed by atoms with Crippen LogP contribution in [0, 0.1) is 6.92 Å². The zero-order valence-electron chi connectivity index (χ0n) is 13.0. The monoisotopic (exact) mass is 299 g/mol. The normalized spacial score (nSPS) is 15.7. The van der Waals surface area contributed by atoms with Gasteiger partial charge in [0.1, 0.15) is 5.82 Å². The van der Waals surface area contributed by atoms with Crippen LogP contribution in [0.2, 0.25) is 0 Å². The van der Waals surface area contributed by atoms with Gasteiger partial charge in [-0.1, -0.05) is 6.42 Å². The molecule has 1 amide bonds. The number of fused-ring (bicyclic) bond motifs is 1. The number of carbonyl (C=O) groups is 1. The molecule has 0 saturated carbocycles. The van der Waals surface area contributed by atoms with Crippen LogP contribution in [-0.2, 0) is 13.0 Å². The highest BCUT2D eigenvalue weighted by Gasteiger charge is 2.21. The topological polar surface area (TPSA) is 72.7 Å². The van der Waals surface area contributed by atoms with Crippen LogP contribution in [0.5, 0.6) is 0 Å². The second kappa shape index (κ2) is 6.25. The van der Waals surface area contributed by atoms with E-state index in [1.54, 1.807) is 12.3 Å². The van der Waals surface area contributed by atoms with Crippen LogP contribution in [0.25, 0.3) is 0 Å². The maximum Gasteiger partial charge on any atom is 0.253 e. The summed E-state index contributed by atoms with van der Waals surface area (Å²) in [7, 11) is 0. The molecule has 3 rings (SSSR count). The lowest BCUT2D eigenvalue weighted by Gasteiger charge is -2.15. The molecule has 22 heavy (non-hydrogen) atoms. The first kappa shape index (κ1) is 14.7. The highest BCUT2D eigenvalue weighted by molar-refractivity contribution is 5.94. The highest BCUT2D eigenvalue weighted by atomic mass is 16.1. The lowest BCUT2D eigenvalue weighted by Crippen LogP contribution is -2.29. The van der Waals surface area contributed by atoms with E-state index in [1.165, 1.54) is 6.42 Å². The van der Waals surface area contributed by atoms with Gasteiger partial charge in [-0.15, -0.1) is 10.2 Å². The quantitative estimate of drug-likeness (QED) is 0.943. The summed E-state index contributed by atoms with van der Waals surface area (Å²) in [6.07, 6.45) is 6.09. The fourth-order valence-corrected chi connectivity index (χ4v) is 2.77. The summed E-state index contributed by atoms with van der Waals surface area (Å²) in [6, 6.07) is 3.45. The first-order valence-corrected chi connectivity index (χ1v) is 7.80. The van der Waals surface area contributed by atoms with Crippen molar-refractivity contribution in [3.05, 3.63) is 41.2 Å². The van der Waals surface area contributed by atoms with E-state index in [4.69, 9.17) is 0 Å². The molecule has 3 heterocycles. The molecule has 1 aliphatic rings. The standard InChI is InChI=1S/C16H21N5O/c1-11-7-8-13(10-17-11)16(22)18-12(2)15-20-19-14-6-4-3-5-9-21(14)15/h7-8,10,12H,3-6,9H2,1-2H3,(H,18,22)/t12-/m1/s1. The van der Waals surface area contributed by atoms with Gasteiger partial charge >= 0.3 is 0 Å². The molecular formula is C16H21N5O. The lowest BCUT2D eigenvalue weighted by atomic mass is 10.2. The Morgan fingerprint density at radius 2 is 2.14 bits per heavy atom. The largest absolute Gasteiger partial charge is 0.342 e. The maximum absolute atomic E-state index is 12.3. The number of amides is 1. The Morgan fingerprint density at radius 1 is 1.27 bits per heavy atom. The van der Waals surface area contributed by atoms with Crippen LogP contribution in [0.1, 0.15) is 59.9 Å². The van der Waals surface area contributed by atoms with Crippen LogP contribution in [0.15, 0.2) is 18.3 Å². The minimum atomic E-state index is -0.173. The van der Waals surface area contributed by atoms with Gasteiger partial charge in [0.25, 0.3) is 5.91 Å². The van der Waals surface area contributed by atoms with Gasteiger partial charge in [-0.3, -0.25) is 9.78 Å². The third kappa shape index (κ3) is 3.00. The number of pyridine rings is 1. The molecule has 116 valence electrons. The molecular weight excluding hydrogens is 278 g/mol. The summed E-state index contributed by atoms with van der Waals surface area (Å²) >= 11 is 0. The molecule has 2 aromatic rings. The van der Waals surface area contributed by atoms with Crippen molar-refractivity contribution in [2.45, 2.75) is 52.1 Å². The van der Waals surface area contributed by atoms with Crippen molar-refractivity contribution in [2.75, 3.05) is 0 Å². The fourth-order valence-electron chi connectivity index (χ4n) is 2.77. The second-order valence-corrected chi connectivity index (χ2v) is 5.82. The molecule has 0 radical (unpaired) electrons. The molecule has 0 aliphatic carbocycles. The van der Waals surface area contributed by atoms with E-state index in [-0.39, 0.29) is 11.9 Å². The van der Waals surface area contributed by atoms with Gasteiger partial charge in [0.15, 0.2) is 5.82 Å². The molecule has 1 atom stereocenters. The third-order valence-corrected chi connectivity index (χ3v) is 4.05. The molecule has 0 spiro atoms. The summed E-state index contributed by atoms with van der Waals surface area (Å²) in [5.74, 6) is 1.74. The van der Waals surface area contributed by atoms with Crippen molar-refractivity contribution in [2.24, 2.45) is 0 Å². The van der Waals surface area contributed by atoms with E-state index in [0.29, 0.717) is 5.56 Å². The minimum Gasteiger partial charge on any atom is -0.342 e. The summed E-state index contributed by atoms with van der Waals surface area (Å²) < 4.78 is 2.16. The van der Waals surface area contributed by atoms with E-state index in [2.05, 4.69) is 25.1 Å². The van der Waals surface area contributed by atoms with Crippen molar-refractivity contribution >= 4 is 5.91 Å². The fraction of sp³-hybridized carbons (Fsp3) is 0.500. The molecule has 1 aliphatic heterocycles. The first-order valence-electron chi connectivity index (χ1n) is 7.80. The Balaban J connectivity index is 1.74. The van der Waals surface area contributed by atoms with Gasteiger partial charge < -0.3 is 9.88 Å². The zero-order valence-corrected chi connectivity index (χ0v) is 13.0. The molecule has 6 heteroatoms. The van der Waals surface area contributed by atoms with Crippen molar-refractivity contribution < 1.29 is 4.79 Å². The minimum absolute atomic E-state index is 0.133. The summed E-state index contributed by atoms with van der Waals surface area (Å²) in [5, 5.41) is 11.5. The predicted octanol–water partition coefficient (Wildman–Crippen LogP) is 2.20. The number of nitrogens with one attached hydrogen (secondary N) is 1. The number of hydrogen-bond acceptors (Lipinski definition) is 4. The Hall–Kier alpha value is -2.24. The van der Waals surface area contributed by atoms with E-state index < -0.39 is 0 Å². The van der Waals surface area contributed by atoms with E-state index in [9.17, 15) is 4.79 Å². The molecule has 2 aromatic heterocycles. The van der Waals surface area contributed by atoms with E-state index in [1.807, 2.05) is 19.9 Å². The van der Waals surface area contributed by atoms with Gasteiger partial charge in [-0.2, -0.15) is 0 Å². The number of nitrogens with zero attached hydrogens (tertiary/aromatic N) is 4. The number of rotatable bonds is 3. The number of hydrogen-bond donors (Lipinski definition) is 1. The van der Waals surface area contributed by atoms with Crippen LogP contribution < -0.4 is 5.32 Å². The second-order valence-electron chi connectivity index (χ2n) is 5.82. The smallest absolute Gasteiger partial charge is 0.253 e. The Labute approximate surface area is 130 Å². The van der Waals surface area contributed by atoms with Gasteiger partial charge in [0, 0.05) is 24.9 Å². The van der Waals surface area contributed by atoms with Gasteiger partial charge in [-0.25, -0.2) is 0 Å². The molecule has 0 fully saturated rings. The SMILES string of the molecule is Cc1ccc(C(=O)N[C@H](C)c2nnc3n2CCCCC3)cn1. The van der Waals surface area contributed by atoms with Gasteiger partial charge in [-0.05, 0) is 38.8 Å². The third-order valence-electron chi connectivity index (χ3n) is 4.05. The summed E-state index contributed by atoms with van der Waals surface area (Å²) in [5.41, 5.74) is 1.46. The van der Waals surface area contributed by atoms with Crippen LogP contribution in [-0.4, -0.2) is 25.7 Å². The van der Waals surface area contributed by atoms with Gasteiger partial charge in [0.2, 0.25) is 0 Å². The van der Waals surface area contributed by atoms with Crippen molar-refractivity contribution in [3.8, 4) is 0 Å². The first-order chi connectivity index (χ1) is 10.6. The number of carbonyl (C=O) groups excluding carboxylic acids is 1. The molecule has 6 nitrogen and oxygen atoms in total. The van der Waals surface area contributed by atoms with Crippen molar-refractivity contribution in [1.82, 2.24) is 25.1 Å². The highest BCUT2D eigenvalue weighted by Crippen LogP contribution is 2.18. The van der Waals surface area contributed by atoms with E-state index in [0.717, 1.165) is 43.1 Å². The Morgan fingerprint density at radius 3 is 2.91 bits per heavy atom. The van der Waals surface area contributed by atoms with Crippen LogP contribution in [0.3, 0.4) is 0 Å². The van der Waals surface area contributed by atoms with Crippen molar-refractivity contribution in [3.63, 3.8) is 0 Å². The summed E-state index contributed by atoms with van der Waals surface area (Å²) in [6.45, 7) is 4.78. The number of aromatic nitrogens is 4. The van der Waals surface area contributed by atoms with Crippen molar-refractivity contribution in [1.29, 1.82) is 0 Å². The number of aryl methyl sites for hydroxylation is 2. The summed E-state index contributed by atoms with van der Waals surface area (Å²) in [4.78, 5) is 16.4. The van der Waals surface area contributed by atoms with Gasteiger partial charge in [0.05, 0.1) is 11.6 Å². The maximum atomic E-state index is 12.3. The molecule has 1 N–H and O–H groups in total. The Bertz CT molecular complexity index is 662. The lowest BCUT2D eigenvalue weighted by molar-refractivity contribution is 0.0937. The van der Waals surface area contributed by atoms with Crippen LogP contribution in [0.4, 0.5) is 0 Å². The molecule has 0 aromatic carbocycles. The average molecular weight is 299 g/mol.